The average molecular weight is 467 g/mol. The number of para-hydroxylation sites is 1. The Labute approximate surface area is 203 Å². The Morgan fingerprint density at radius 2 is 1.49 bits per heavy atom. The van der Waals surface area contributed by atoms with Gasteiger partial charge in [0.25, 0.3) is 5.69 Å². The molecule has 1 unspecified atom stereocenters. The van der Waals surface area contributed by atoms with Crippen molar-refractivity contribution >= 4 is 11.4 Å². The molecule has 2 N–H and O–H groups in total. The lowest BCUT2D eigenvalue weighted by Gasteiger charge is -2.44. The van der Waals surface area contributed by atoms with E-state index in [4.69, 9.17) is 0 Å². The summed E-state index contributed by atoms with van der Waals surface area (Å²) < 4.78 is 0. The zero-order chi connectivity index (χ0) is 24.8. The molecule has 5 rings (SSSR count). The molecule has 0 saturated heterocycles. The number of hydrogen-bond acceptors (Lipinski definition) is 5. The molecule has 0 radical (unpaired) electrons. The minimum Gasteiger partial charge on any atom is -0.508 e. The van der Waals surface area contributed by atoms with Crippen LogP contribution in [0.3, 0.4) is 0 Å². The largest absolute Gasteiger partial charge is 0.508 e. The average Bonchev–Trinajstić information content (AvgIpc) is 3.04. The summed E-state index contributed by atoms with van der Waals surface area (Å²) >= 11 is 0. The van der Waals surface area contributed by atoms with E-state index in [2.05, 4.69) is 0 Å². The van der Waals surface area contributed by atoms with E-state index in [0.717, 1.165) is 27.9 Å². The van der Waals surface area contributed by atoms with Gasteiger partial charge in [-0.2, -0.15) is 0 Å². The van der Waals surface area contributed by atoms with E-state index >= 15 is 0 Å². The molecule has 0 amide bonds. The third kappa shape index (κ3) is 3.54. The van der Waals surface area contributed by atoms with Crippen molar-refractivity contribution in [2.75, 3.05) is 4.90 Å². The summed E-state index contributed by atoms with van der Waals surface area (Å²) in [6, 6.07) is 29.2. The lowest BCUT2D eigenvalue weighted by atomic mass is 9.74. The highest BCUT2D eigenvalue weighted by atomic mass is 16.6. The number of benzene rings is 4. The number of nitro benzene ring substituents is 1. The number of anilines is 1. The summed E-state index contributed by atoms with van der Waals surface area (Å²) in [5, 5.41) is 34.2. The van der Waals surface area contributed by atoms with Gasteiger partial charge in [0, 0.05) is 40.9 Å². The molecular weight excluding hydrogens is 440 g/mol. The Bertz CT molecular complexity index is 1400. The normalized spacial score (nSPS) is 18.3. The van der Waals surface area contributed by atoms with Gasteiger partial charge in [-0.15, -0.1) is 0 Å². The monoisotopic (exact) mass is 466 g/mol. The molecule has 0 fully saturated rings. The van der Waals surface area contributed by atoms with Gasteiger partial charge < -0.3 is 15.1 Å². The van der Waals surface area contributed by atoms with Gasteiger partial charge in [0.15, 0.2) is 5.72 Å². The fraction of sp³-hybridized carbons (Fsp3) is 0.172. The lowest BCUT2D eigenvalue weighted by molar-refractivity contribution is -0.384. The molecule has 0 bridgehead atoms. The maximum atomic E-state index is 12.4. The number of nitro groups is 1. The summed E-state index contributed by atoms with van der Waals surface area (Å²) in [5.74, 6) is 0.119. The maximum Gasteiger partial charge on any atom is 0.269 e. The molecule has 1 aliphatic rings. The number of aromatic hydroxyl groups is 1. The Morgan fingerprint density at radius 1 is 0.857 bits per heavy atom. The number of hydrogen-bond donors (Lipinski definition) is 2. The van der Waals surface area contributed by atoms with E-state index in [-0.39, 0.29) is 18.0 Å². The second-order valence-electron chi connectivity index (χ2n) is 9.41. The van der Waals surface area contributed by atoms with Crippen molar-refractivity contribution in [1.82, 2.24) is 0 Å². The molecule has 4 aromatic rings. The second kappa shape index (κ2) is 8.25. The number of aliphatic hydroxyl groups is 1. The van der Waals surface area contributed by atoms with Crippen molar-refractivity contribution in [1.29, 1.82) is 0 Å². The van der Waals surface area contributed by atoms with E-state index < -0.39 is 16.1 Å². The van der Waals surface area contributed by atoms with Crippen LogP contribution in [0.1, 0.15) is 30.5 Å². The van der Waals surface area contributed by atoms with Crippen LogP contribution in [0, 0.1) is 10.1 Å². The van der Waals surface area contributed by atoms with Gasteiger partial charge in [0.05, 0.1) is 4.92 Å². The summed E-state index contributed by atoms with van der Waals surface area (Å²) in [5.41, 5.74) is 3.01. The van der Waals surface area contributed by atoms with Crippen LogP contribution in [0.2, 0.25) is 0 Å². The Morgan fingerprint density at radius 3 is 2.17 bits per heavy atom. The molecule has 6 nitrogen and oxygen atoms in total. The highest BCUT2D eigenvalue weighted by molar-refractivity contribution is 5.70. The van der Waals surface area contributed by atoms with E-state index in [9.17, 15) is 20.3 Å². The summed E-state index contributed by atoms with van der Waals surface area (Å²) in [7, 11) is 0. The smallest absolute Gasteiger partial charge is 0.269 e. The predicted molar refractivity (Wildman–Crippen MR) is 136 cm³/mol. The Hall–Kier alpha value is -4.16. The molecular formula is C29H26N2O4. The minimum atomic E-state index is -1.35. The van der Waals surface area contributed by atoms with Crippen LogP contribution in [-0.4, -0.2) is 15.1 Å². The fourth-order valence-electron chi connectivity index (χ4n) is 5.16. The molecule has 0 aliphatic carbocycles. The molecule has 1 atom stereocenters. The molecule has 6 heteroatoms. The van der Waals surface area contributed by atoms with Crippen molar-refractivity contribution in [3.05, 3.63) is 124 Å². The van der Waals surface area contributed by atoms with Gasteiger partial charge in [0.1, 0.15) is 5.75 Å². The Balaban J connectivity index is 1.60. The predicted octanol–water partition coefficient (Wildman–Crippen LogP) is 6.11. The van der Waals surface area contributed by atoms with Crippen molar-refractivity contribution < 1.29 is 15.1 Å². The highest BCUT2D eigenvalue weighted by Crippen LogP contribution is 2.56. The molecule has 176 valence electrons. The SMILES string of the molecule is CC1(C)c2ccccc2N(Cc2cc(-c3ccc([N+](=O)[O-])cc3)ccc2O)C1(O)c1ccccc1. The zero-order valence-electron chi connectivity index (χ0n) is 19.6. The number of rotatable bonds is 5. The first-order chi connectivity index (χ1) is 16.7. The number of phenols is 1. The molecule has 0 aromatic heterocycles. The van der Waals surface area contributed by atoms with Crippen molar-refractivity contribution in [3.8, 4) is 16.9 Å². The molecule has 0 saturated carbocycles. The first kappa shape index (κ1) is 22.6. The molecule has 1 heterocycles. The van der Waals surface area contributed by atoms with Gasteiger partial charge in [0.2, 0.25) is 0 Å². The molecule has 4 aromatic carbocycles. The van der Waals surface area contributed by atoms with E-state index in [1.54, 1.807) is 24.3 Å². The van der Waals surface area contributed by atoms with Crippen LogP contribution in [0.15, 0.2) is 97.1 Å². The van der Waals surface area contributed by atoms with Crippen molar-refractivity contribution in [3.63, 3.8) is 0 Å². The highest BCUT2D eigenvalue weighted by Gasteiger charge is 2.57. The summed E-state index contributed by atoms with van der Waals surface area (Å²) in [4.78, 5) is 12.5. The van der Waals surface area contributed by atoms with E-state index in [1.165, 1.54) is 12.1 Å². The fourth-order valence-corrected chi connectivity index (χ4v) is 5.16. The number of nitrogens with zero attached hydrogens (tertiary/aromatic N) is 2. The quantitative estimate of drug-likeness (QED) is 0.274. The van der Waals surface area contributed by atoms with Gasteiger partial charge in [-0.3, -0.25) is 10.1 Å². The number of non-ortho nitro benzene ring substituents is 1. The van der Waals surface area contributed by atoms with Gasteiger partial charge in [-0.1, -0.05) is 68.4 Å². The van der Waals surface area contributed by atoms with Crippen molar-refractivity contribution in [2.24, 2.45) is 0 Å². The van der Waals surface area contributed by atoms with Crippen LogP contribution in [0.5, 0.6) is 5.75 Å². The molecule has 0 spiro atoms. The molecule has 35 heavy (non-hydrogen) atoms. The first-order valence-electron chi connectivity index (χ1n) is 11.5. The van der Waals surface area contributed by atoms with E-state index in [1.807, 2.05) is 79.4 Å². The second-order valence-corrected chi connectivity index (χ2v) is 9.41. The van der Waals surface area contributed by atoms with Gasteiger partial charge in [-0.25, -0.2) is 0 Å². The van der Waals surface area contributed by atoms with Crippen LogP contribution in [-0.2, 0) is 17.7 Å². The van der Waals surface area contributed by atoms with Gasteiger partial charge >= 0.3 is 0 Å². The summed E-state index contributed by atoms with van der Waals surface area (Å²) in [6.07, 6.45) is 0. The zero-order valence-corrected chi connectivity index (χ0v) is 19.6. The van der Waals surface area contributed by atoms with Gasteiger partial charge in [-0.05, 0) is 47.0 Å². The molecule has 1 aliphatic heterocycles. The standard InChI is InChI=1S/C29H26N2O4/c1-28(2)25-10-6-7-11-26(25)30(29(28,33)23-8-4-3-5-9-23)19-22-18-21(14-17-27(22)32)20-12-15-24(16-13-20)31(34)35/h3-18,32-33H,19H2,1-2H3. The van der Waals surface area contributed by atoms with Crippen LogP contribution < -0.4 is 4.90 Å². The Kier molecular flexibility index (Phi) is 5.33. The number of phenolic OH excluding ortho intramolecular Hbond substituents is 1. The van der Waals surface area contributed by atoms with E-state index in [0.29, 0.717) is 5.56 Å². The summed E-state index contributed by atoms with van der Waals surface area (Å²) in [6.45, 7) is 4.33. The first-order valence-corrected chi connectivity index (χ1v) is 11.5. The van der Waals surface area contributed by atoms with Crippen LogP contribution in [0.25, 0.3) is 11.1 Å². The minimum absolute atomic E-state index is 0.0246. The lowest BCUT2D eigenvalue weighted by Crippen LogP contribution is -2.52. The topological polar surface area (TPSA) is 86.8 Å². The number of fused-ring (bicyclic) bond motifs is 1. The van der Waals surface area contributed by atoms with Crippen molar-refractivity contribution in [2.45, 2.75) is 31.5 Å². The third-order valence-electron chi connectivity index (χ3n) is 7.13. The third-order valence-corrected chi connectivity index (χ3v) is 7.13. The maximum absolute atomic E-state index is 12.4. The van der Waals surface area contributed by atoms with Crippen LogP contribution in [0.4, 0.5) is 11.4 Å². The van der Waals surface area contributed by atoms with Crippen LogP contribution >= 0.6 is 0 Å².